The van der Waals surface area contributed by atoms with Crippen molar-refractivity contribution in [3.8, 4) is 0 Å². The first-order chi connectivity index (χ1) is 8.80. The lowest BCUT2D eigenvalue weighted by atomic mass is 9.80. The Hall–Kier alpha value is -0.645. The minimum absolute atomic E-state index is 0.134. The second-order valence-corrected chi connectivity index (χ2v) is 6.75. The van der Waals surface area contributed by atoms with Crippen LogP contribution in [0.25, 0.3) is 0 Å². The maximum Gasteiger partial charge on any atom is 0.461 e. The van der Waals surface area contributed by atoms with Crippen molar-refractivity contribution in [3.63, 3.8) is 0 Å². The van der Waals surface area contributed by atoms with Crippen LogP contribution in [-0.2, 0) is 9.31 Å². The highest BCUT2D eigenvalue weighted by atomic mass is 35.5. The van der Waals surface area contributed by atoms with Crippen LogP contribution in [0.4, 0.5) is 0 Å². The molecule has 6 heteroatoms. The normalized spacial score (nSPS) is 31.5. The largest absolute Gasteiger partial charge is 0.461 e. The Morgan fingerprint density at radius 1 is 1.16 bits per heavy atom. The van der Waals surface area contributed by atoms with E-state index in [4.69, 9.17) is 20.9 Å². The van der Waals surface area contributed by atoms with Crippen LogP contribution in [0.2, 0.25) is 11.1 Å². The van der Waals surface area contributed by atoms with Gasteiger partial charge in [0.1, 0.15) is 0 Å². The van der Waals surface area contributed by atoms with Crippen molar-refractivity contribution in [3.05, 3.63) is 23.2 Å². The Bertz CT molecular complexity index is 476. The molecule has 1 aliphatic carbocycles. The van der Waals surface area contributed by atoms with Crippen molar-refractivity contribution < 1.29 is 9.31 Å². The van der Waals surface area contributed by atoms with E-state index in [1.165, 1.54) is 0 Å². The van der Waals surface area contributed by atoms with E-state index in [1.807, 2.05) is 0 Å². The first-order valence-electron chi connectivity index (χ1n) is 6.63. The summed E-state index contributed by atoms with van der Waals surface area (Å²) in [6.45, 7) is 8.32. The van der Waals surface area contributed by atoms with Gasteiger partial charge in [-0.1, -0.05) is 0 Å². The number of halogens is 1. The predicted octanol–water partition coefficient (Wildman–Crippen LogP) is 3.08. The van der Waals surface area contributed by atoms with Gasteiger partial charge in [0.2, 0.25) is 5.28 Å². The third-order valence-electron chi connectivity index (χ3n) is 4.53. The van der Waals surface area contributed by atoms with Crippen LogP contribution in [0.15, 0.2) is 12.4 Å². The van der Waals surface area contributed by atoms with E-state index in [0.29, 0.717) is 11.7 Å². The van der Waals surface area contributed by atoms with Crippen molar-refractivity contribution >= 4 is 18.7 Å². The van der Waals surface area contributed by atoms with Gasteiger partial charge in [-0.15, -0.1) is 0 Å². The zero-order chi connectivity index (χ0) is 13.8. The van der Waals surface area contributed by atoms with Crippen LogP contribution < -0.4 is 0 Å². The summed E-state index contributed by atoms with van der Waals surface area (Å²) in [4.78, 5) is 8.06. The van der Waals surface area contributed by atoms with Crippen molar-refractivity contribution in [1.29, 1.82) is 0 Å². The van der Waals surface area contributed by atoms with Gasteiger partial charge in [0.25, 0.3) is 0 Å². The van der Waals surface area contributed by atoms with E-state index < -0.39 is 0 Å². The molecule has 2 atom stereocenters. The number of rotatable bonds is 2. The quantitative estimate of drug-likeness (QED) is 0.617. The molecule has 1 aromatic heterocycles. The topological polar surface area (TPSA) is 44.2 Å². The molecule has 0 bridgehead atoms. The molecule has 19 heavy (non-hydrogen) atoms. The summed E-state index contributed by atoms with van der Waals surface area (Å²) < 4.78 is 12.1. The van der Waals surface area contributed by atoms with E-state index in [2.05, 4.69) is 37.7 Å². The summed E-state index contributed by atoms with van der Waals surface area (Å²) in [5.74, 6) is 0.817. The summed E-state index contributed by atoms with van der Waals surface area (Å²) in [5, 5.41) is 0.289. The van der Waals surface area contributed by atoms with Gasteiger partial charge < -0.3 is 9.31 Å². The predicted molar refractivity (Wildman–Crippen MR) is 74.2 cm³/mol. The van der Waals surface area contributed by atoms with Gasteiger partial charge in [0.15, 0.2) is 0 Å². The average molecular weight is 281 g/mol. The number of hydrogen-bond donors (Lipinski definition) is 0. The van der Waals surface area contributed by atoms with Crippen LogP contribution in [-0.4, -0.2) is 28.3 Å². The fraction of sp³-hybridized carbons (Fsp3) is 0.692. The Labute approximate surface area is 119 Å². The second kappa shape index (κ2) is 4.17. The van der Waals surface area contributed by atoms with Gasteiger partial charge in [-0.3, -0.25) is 0 Å². The molecule has 0 radical (unpaired) electrons. The minimum atomic E-state index is -0.263. The van der Waals surface area contributed by atoms with Crippen molar-refractivity contribution in [2.24, 2.45) is 0 Å². The van der Waals surface area contributed by atoms with Crippen molar-refractivity contribution in [1.82, 2.24) is 9.97 Å². The lowest BCUT2D eigenvalue weighted by Crippen LogP contribution is -2.41. The monoisotopic (exact) mass is 280 g/mol. The minimum Gasteiger partial charge on any atom is -0.403 e. The molecule has 4 nitrogen and oxygen atoms in total. The standard InChI is InChI=1S/C13H18BClN2O2/c1-12(2)13(3,4)19-14(18-12)10-5-9(10)8-6-16-11(15)17-7-8/h6-7,9-10H,5H2,1-4H3/t9-,10+/m0/s1. The third kappa shape index (κ3) is 2.28. The average Bonchev–Trinajstić information content (AvgIpc) is 3.04. The lowest BCUT2D eigenvalue weighted by molar-refractivity contribution is 0.00578. The Morgan fingerprint density at radius 2 is 1.68 bits per heavy atom. The summed E-state index contributed by atoms with van der Waals surface area (Å²) >= 11 is 5.70. The van der Waals surface area contributed by atoms with Gasteiger partial charge in [0.05, 0.1) is 11.2 Å². The summed E-state index contributed by atoms with van der Waals surface area (Å²) in [5.41, 5.74) is 0.590. The van der Waals surface area contributed by atoms with E-state index in [1.54, 1.807) is 12.4 Å². The van der Waals surface area contributed by atoms with Gasteiger partial charge >= 0.3 is 7.12 Å². The zero-order valence-corrected chi connectivity index (χ0v) is 12.4. The molecule has 0 aromatic carbocycles. The molecular weight excluding hydrogens is 262 g/mol. The SMILES string of the molecule is CC1(C)OB([C@@H]2C[C@H]2c2cnc(Cl)nc2)OC1(C)C. The van der Waals surface area contributed by atoms with Gasteiger partial charge in [0, 0.05) is 18.2 Å². The zero-order valence-electron chi connectivity index (χ0n) is 11.7. The molecule has 1 aliphatic heterocycles. The van der Waals surface area contributed by atoms with E-state index in [0.717, 1.165) is 12.0 Å². The highest BCUT2D eigenvalue weighted by Crippen LogP contribution is 2.58. The first-order valence-corrected chi connectivity index (χ1v) is 7.01. The summed E-state index contributed by atoms with van der Waals surface area (Å²) in [6.07, 6.45) is 4.65. The molecule has 3 rings (SSSR count). The maximum absolute atomic E-state index is 6.07. The first kappa shape index (κ1) is 13.3. The molecule has 2 aliphatic rings. The van der Waals surface area contributed by atoms with Gasteiger partial charge in [-0.25, -0.2) is 9.97 Å². The second-order valence-electron chi connectivity index (χ2n) is 6.42. The van der Waals surface area contributed by atoms with E-state index >= 15 is 0 Å². The Balaban J connectivity index is 1.70. The molecule has 1 saturated heterocycles. The molecule has 0 unspecified atom stereocenters. The maximum atomic E-state index is 6.07. The van der Waals surface area contributed by atoms with Crippen LogP contribution in [0.1, 0.15) is 45.6 Å². The van der Waals surface area contributed by atoms with Crippen LogP contribution >= 0.6 is 11.6 Å². The summed E-state index contributed by atoms with van der Waals surface area (Å²) in [6, 6.07) is 0. The number of nitrogens with zero attached hydrogens (tertiary/aromatic N) is 2. The molecule has 1 saturated carbocycles. The molecule has 0 amide bonds. The smallest absolute Gasteiger partial charge is 0.403 e. The molecule has 2 fully saturated rings. The molecule has 102 valence electrons. The van der Waals surface area contributed by atoms with Gasteiger partial charge in [-0.2, -0.15) is 0 Å². The Kier molecular flexibility index (Phi) is 2.93. The van der Waals surface area contributed by atoms with Crippen LogP contribution in [0, 0.1) is 0 Å². The molecular formula is C13H18BClN2O2. The molecule has 2 heterocycles. The number of hydrogen-bond acceptors (Lipinski definition) is 4. The van der Waals surface area contributed by atoms with Crippen molar-refractivity contribution in [2.75, 3.05) is 0 Å². The van der Waals surface area contributed by atoms with Crippen LogP contribution in [0.3, 0.4) is 0 Å². The molecule has 0 spiro atoms. The molecule has 1 aromatic rings. The number of aromatic nitrogens is 2. The fourth-order valence-electron chi connectivity index (χ4n) is 2.48. The Morgan fingerprint density at radius 3 is 2.21 bits per heavy atom. The van der Waals surface area contributed by atoms with Crippen LogP contribution in [0.5, 0.6) is 0 Å². The van der Waals surface area contributed by atoms with E-state index in [-0.39, 0.29) is 23.6 Å². The fourth-order valence-corrected chi connectivity index (χ4v) is 2.57. The van der Waals surface area contributed by atoms with E-state index in [9.17, 15) is 0 Å². The third-order valence-corrected chi connectivity index (χ3v) is 4.72. The summed E-state index contributed by atoms with van der Waals surface area (Å²) in [7, 11) is -0.134. The van der Waals surface area contributed by atoms with Crippen molar-refractivity contribution in [2.45, 2.75) is 57.1 Å². The molecule has 0 N–H and O–H groups in total. The van der Waals surface area contributed by atoms with Gasteiger partial charge in [-0.05, 0) is 57.2 Å². The highest BCUT2D eigenvalue weighted by molar-refractivity contribution is 6.49. The highest BCUT2D eigenvalue weighted by Gasteiger charge is 2.59. The lowest BCUT2D eigenvalue weighted by Gasteiger charge is -2.32.